The molecule has 1 N–H and O–H groups in total. The van der Waals surface area contributed by atoms with Gasteiger partial charge >= 0.3 is 0 Å². The average molecular weight is 241 g/mol. The molecule has 2 aliphatic heterocycles. The first-order valence-electron chi connectivity index (χ1n) is 6.56. The maximum atomic E-state index is 12.1. The van der Waals surface area contributed by atoms with Crippen molar-refractivity contribution in [1.29, 1.82) is 0 Å². The Kier molecular flexibility index (Phi) is 3.73. The monoisotopic (exact) mass is 241 g/mol. The minimum atomic E-state index is -0.297. The van der Waals surface area contributed by atoms with Gasteiger partial charge in [0, 0.05) is 25.1 Å². The molecule has 0 saturated carbocycles. The molecule has 0 aromatic heterocycles. The van der Waals surface area contributed by atoms with Crippen LogP contribution in [0, 0.1) is 5.41 Å². The van der Waals surface area contributed by atoms with Gasteiger partial charge in [0.05, 0.1) is 18.6 Å². The van der Waals surface area contributed by atoms with Crippen LogP contribution < -0.4 is 0 Å². The van der Waals surface area contributed by atoms with Gasteiger partial charge in [-0.1, -0.05) is 13.8 Å². The second-order valence-corrected chi connectivity index (χ2v) is 5.95. The molecule has 0 spiro atoms. The van der Waals surface area contributed by atoms with Crippen LogP contribution in [0.25, 0.3) is 0 Å². The van der Waals surface area contributed by atoms with Gasteiger partial charge in [0.1, 0.15) is 0 Å². The Morgan fingerprint density at radius 1 is 1.47 bits per heavy atom. The Morgan fingerprint density at radius 2 is 2.24 bits per heavy atom. The van der Waals surface area contributed by atoms with Gasteiger partial charge in [-0.2, -0.15) is 0 Å². The van der Waals surface area contributed by atoms with Crippen molar-refractivity contribution in [2.24, 2.45) is 5.41 Å². The third-order valence-corrected chi connectivity index (χ3v) is 3.95. The van der Waals surface area contributed by atoms with Gasteiger partial charge in [-0.05, 0) is 19.3 Å². The molecule has 2 fully saturated rings. The molecule has 4 heteroatoms. The summed E-state index contributed by atoms with van der Waals surface area (Å²) in [5.41, 5.74) is -0.190. The molecule has 2 aliphatic rings. The maximum absolute atomic E-state index is 12.1. The zero-order chi connectivity index (χ0) is 12.5. The van der Waals surface area contributed by atoms with E-state index in [-0.39, 0.29) is 23.5 Å². The lowest BCUT2D eigenvalue weighted by atomic mass is 9.81. The fraction of sp³-hybridized carbons (Fsp3) is 0.923. The van der Waals surface area contributed by atoms with Crippen LogP contribution in [0.4, 0.5) is 0 Å². The Bertz CT molecular complexity index is 284. The number of likely N-dealkylation sites (tertiary alicyclic amines) is 1. The zero-order valence-corrected chi connectivity index (χ0v) is 10.8. The molecule has 4 nitrogen and oxygen atoms in total. The normalized spacial score (nSPS) is 32.8. The van der Waals surface area contributed by atoms with Gasteiger partial charge < -0.3 is 14.7 Å². The number of amides is 1. The van der Waals surface area contributed by atoms with E-state index >= 15 is 0 Å². The van der Waals surface area contributed by atoms with Crippen molar-refractivity contribution < 1.29 is 14.6 Å². The summed E-state index contributed by atoms with van der Waals surface area (Å²) in [6.45, 7) is 6.16. The van der Waals surface area contributed by atoms with E-state index in [1.54, 1.807) is 0 Å². The van der Waals surface area contributed by atoms with Crippen molar-refractivity contribution in [3.8, 4) is 0 Å². The minimum absolute atomic E-state index is 0.123. The van der Waals surface area contributed by atoms with Crippen LogP contribution in [-0.4, -0.2) is 47.8 Å². The second kappa shape index (κ2) is 4.94. The fourth-order valence-corrected chi connectivity index (χ4v) is 2.69. The number of aliphatic hydroxyl groups excluding tert-OH is 1. The first kappa shape index (κ1) is 12.8. The summed E-state index contributed by atoms with van der Waals surface area (Å²) in [5, 5.41) is 9.86. The van der Waals surface area contributed by atoms with Crippen molar-refractivity contribution in [3.63, 3.8) is 0 Å². The minimum Gasteiger partial charge on any atom is -0.392 e. The second-order valence-electron chi connectivity index (χ2n) is 5.95. The first-order chi connectivity index (χ1) is 7.99. The van der Waals surface area contributed by atoms with Crippen LogP contribution in [0.15, 0.2) is 0 Å². The van der Waals surface area contributed by atoms with Crippen LogP contribution in [-0.2, 0) is 9.53 Å². The molecule has 2 saturated heterocycles. The van der Waals surface area contributed by atoms with E-state index < -0.39 is 0 Å². The molecule has 0 aliphatic carbocycles. The van der Waals surface area contributed by atoms with Gasteiger partial charge in [0.15, 0.2) is 0 Å². The van der Waals surface area contributed by atoms with E-state index in [1.165, 1.54) is 0 Å². The summed E-state index contributed by atoms with van der Waals surface area (Å²) in [4.78, 5) is 14.0. The van der Waals surface area contributed by atoms with E-state index in [1.807, 2.05) is 18.7 Å². The summed E-state index contributed by atoms with van der Waals surface area (Å²) in [6.07, 6.45) is 3.09. The topological polar surface area (TPSA) is 49.8 Å². The van der Waals surface area contributed by atoms with Crippen LogP contribution in [0.1, 0.15) is 39.5 Å². The number of ether oxygens (including phenoxy) is 1. The third-order valence-electron chi connectivity index (χ3n) is 3.95. The van der Waals surface area contributed by atoms with Gasteiger partial charge in [0.2, 0.25) is 5.91 Å². The molecule has 2 atom stereocenters. The number of nitrogens with zero attached hydrogens (tertiary/aromatic N) is 1. The molecule has 0 bridgehead atoms. The molecule has 2 heterocycles. The molecular formula is C13H23NO3. The smallest absolute Gasteiger partial charge is 0.225 e. The highest BCUT2D eigenvalue weighted by Gasteiger charge is 2.36. The molecule has 1 amide bonds. The number of hydrogen-bond donors (Lipinski definition) is 1. The Labute approximate surface area is 103 Å². The largest absolute Gasteiger partial charge is 0.392 e. The Balaban J connectivity index is 1.87. The SMILES string of the molecule is CC1(C)CN(C(=O)CC2CCCO2)CCC1O. The zero-order valence-electron chi connectivity index (χ0n) is 10.8. The predicted molar refractivity (Wildman–Crippen MR) is 64.6 cm³/mol. The number of rotatable bonds is 2. The van der Waals surface area contributed by atoms with Gasteiger partial charge in [-0.3, -0.25) is 4.79 Å². The average Bonchev–Trinajstić information content (AvgIpc) is 2.74. The molecular weight excluding hydrogens is 218 g/mol. The third kappa shape index (κ3) is 2.99. The van der Waals surface area contributed by atoms with E-state index in [2.05, 4.69) is 0 Å². The van der Waals surface area contributed by atoms with Crippen molar-refractivity contribution in [2.75, 3.05) is 19.7 Å². The molecule has 2 unspecified atom stereocenters. The summed E-state index contributed by atoms with van der Waals surface area (Å²) in [7, 11) is 0. The van der Waals surface area contributed by atoms with Gasteiger partial charge in [0.25, 0.3) is 0 Å². The standard InChI is InChI=1S/C13H23NO3/c1-13(2)9-14(6-5-11(13)15)12(16)8-10-4-3-7-17-10/h10-11,15H,3-9H2,1-2H3. The van der Waals surface area contributed by atoms with Gasteiger partial charge in [-0.15, -0.1) is 0 Å². The van der Waals surface area contributed by atoms with Crippen molar-refractivity contribution in [2.45, 2.75) is 51.7 Å². The fourth-order valence-electron chi connectivity index (χ4n) is 2.69. The number of hydrogen-bond acceptors (Lipinski definition) is 3. The van der Waals surface area contributed by atoms with Crippen LogP contribution in [0.5, 0.6) is 0 Å². The molecule has 0 radical (unpaired) electrons. The lowest BCUT2D eigenvalue weighted by Crippen LogP contribution is -2.51. The number of aliphatic hydroxyl groups is 1. The van der Waals surface area contributed by atoms with Crippen molar-refractivity contribution >= 4 is 5.91 Å². The van der Waals surface area contributed by atoms with Crippen LogP contribution in [0.2, 0.25) is 0 Å². The molecule has 17 heavy (non-hydrogen) atoms. The molecule has 2 rings (SSSR count). The molecule has 0 aromatic rings. The highest BCUT2D eigenvalue weighted by molar-refractivity contribution is 5.77. The quantitative estimate of drug-likeness (QED) is 0.789. The Hall–Kier alpha value is -0.610. The van der Waals surface area contributed by atoms with E-state index in [0.29, 0.717) is 25.9 Å². The highest BCUT2D eigenvalue weighted by Crippen LogP contribution is 2.29. The molecule has 98 valence electrons. The maximum Gasteiger partial charge on any atom is 0.225 e. The lowest BCUT2D eigenvalue weighted by Gasteiger charge is -2.42. The summed E-state index contributed by atoms with van der Waals surface area (Å²) < 4.78 is 5.49. The van der Waals surface area contributed by atoms with E-state index in [9.17, 15) is 9.90 Å². The number of carbonyl (C=O) groups is 1. The highest BCUT2D eigenvalue weighted by atomic mass is 16.5. The summed E-state index contributed by atoms with van der Waals surface area (Å²) in [5.74, 6) is 0.178. The van der Waals surface area contributed by atoms with Crippen molar-refractivity contribution in [3.05, 3.63) is 0 Å². The first-order valence-corrected chi connectivity index (χ1v) is 6.56. The van der Waals surface area contributed by atoms with Crippen LogP contribution in [0.3, 0.4) is 0 Å². The number of piperidine rings is 1. The van der Waals surface area contributed by atoms with E-state index in [0.717, 1.165) is 19.4 Å². The van der Waals surface area contributed by atoms with E-state index in [4.69, 9.17) is 4.74 Å². The van der Waals surface area contributed by atoms with Gasteiger partial charge in [-0.25, -0.2) is 0 Å². The summed E-state index contributed by atoms with van der Waals surface area (Å²) >= 11 is 0. The summed E-state index contributed by atoms with van der Waals surface area (Å²) in [6, 6.07) is 0. The van der Waals surface area contributed by atoms with Crippen molar-refractivity contribution in [1.82, 2.24) is 4.90 Å². The molecule has 0 aromatic carbocycles. The van der Waals surface area contributed by atoms with Crippen LogP contribution >= 0.6 is 0 Å². The number of carbonyl (C=O) groups excluding carboxylic acids is 1. The lowest BCUT2D eigenvalue weighted by molar-refractivity contribution is -0.140. The predicted octanol–water partition coefficient (Wildman–Crippen LogP) is 1.17. The Morgan fingerprint density at radius 3 is 2.82 bits per heavy atom.